The molecule has 7 heteroatoms. The molecule has 1 aliphatic rings. The van der Waals surface area contributed by atoms with E-state index in [9.17, 15) is 9.18 Å². The van der Waals surface area contributed by atoms with Gasteiger partial charge in [0.05, 0.1) is 12.2 Å². The van der Waals surface area contributed by atoms with E-state index in [0.717, 1.165) is 43.9 Å². The zero-order valence-electron chi connectivity index (χ0n) is 15.7. The second-order valence-electron chi connectivity index (χ2n) is 6.92. The van der Waals surface area contributed by atoms with Gasteiger partial charge in [0, 0.05) is 24.7 Å². The minimum Gasteiger partial charge on any atom is -0.480 e. The Balaban J connectivity index is 1.69. The van der Waals surface area contributed by atoms with Crippen LogP contribution in [0.2, 0.25) is 0 Å². The highest BCUT2D eigenvalue weighted by atomic mass is 19.1. The first kappa shape index (κ1) is 19.2. The third-order valence-electron chi connectivity index (χ3n) is 5.10. The molecule has 1 aliphatic heterocycles. The second-order valence-corrected chi connectivity index (χ2v) is 6.92. The summed E-state index contributed by atoms with van der Waals surface area (Å²) >= 11 is 0. The summed E-state index contributed by atoms with van der Waals surface area (Å²) in [5.74, 6) is -0.233. The minimum atomic E-state index is -0.783. The molecule has 1 aromatic carbocycles. The molecule has 0 bridgehead atoms. The van der Waals surface area contributed by atoms with E-state index in [1.54, 1.807) is 6.07 Å². The van der Waals surface area contributed by atoms with Gasteiger partial charge in [-0.1, -0.05) is 19.1 Å². The first-order valence-corrected chi connectivity index (χ1v) is 9.29. The summed E-state index contributed by atoms with van der Waals surface area (Å²) in [6.45, 7) is 6.43. The highest BCUT2D eigenvalue weighted by Crippen LogP contribution is 2.26. The van der Waals surface area contributed by atoms with Gasteiger partial charge in [0.25, 0.3) is 0 Å². The molecule has 1 aromatic heterocycles. The van der Waals surface area contributed by atoms with Crippen LogP contribution >= 0.6 is 0 Å². The lowest BCUT2D eigenvalue weighted by Crippen LogP contribution is -2.47. The molecule has 0 spiro atoms. The molecule has 1 fully saturated rings. The van der Waals surface area contributed by atoms with E-state index < -0.39 is 5.97 Å². The van der Waals surface area contributed by atoms with E-state index in [-0.39, 0.29) is 18.4 Å². The highest BCUT2D eigenvalue weighted by Gasteiger charge is 2.26. The number of rotatable bonds is 6. The van der Waals surface area contributed by atoms with Crippen LogP contribution in [-0.2, 0) is 4.79 Å². The number of halogens is 1. The number of anilines is 1. The van der Waals surface area contributed by atoms with Gasteiger partial charge < -0.3 is 10.0 Å². The SMILES string of the molecule is CCN(CC(=O)O)C1CCN(c2nnc(-c3cccc(F)c3)cc2C)CC1. The number of hydrogen-bond donors (Lipinski definition) is 1. The van der Waals surface area contributed by atoms with Crippen LogP contribution in [0.1, 0.15) is 25.3 Å². The highest BCUT2D eigenvalue weighted by molar-refractivity contribution is 5.69. The lowest BCUT2D eigenvalue weighted by Gasteiger charge is -2.38. The van der Waals surface area contributed by atoms with Crippen LogP contribution in [0, 0.1) is 12.7 Å². The molecule has 6 nitrogen and oxygen atoms in total. The fourth-order valence-electron chi connectivity index (χ4n) is 3.70. The summed E-state index contributed by atoms with van der Waals surface area (Å²) in [6.07, 6.45) is 1.79. The van der Waals surface area contributed by atoms with Crippen molar-refractivity contribution in [3.8, 4) is 11.3 Å². The molecule has 0 unspecified atom stereocenters. The summed E-state index contributed by atoms with van der Waals surface area (Å²) < 4.78 is 13.4. The molecular weight excluding hydrogens is 347 g/mol. The molecule has 0 atom stereocenters. The number of carbonyl (C=O) groups is 1. The quantitative estimate of drug-likeness (QED) is 0.841. The van der Waals surface area contributed by atoms with Crippen molar-refractivity contribution in [2.24, 2.45) is 0 Å². The van der Waals surface area contributed by atoms with Crippen molar-refractivity contribution in [1.29, 1.82) is 0 Å². The topological polar surface area (TPSA) is 69.6 Å². The first-order chi connectivity index (χ1) is 13.0. The summed E-state index contributed by atoms with van der Waals surface area (Å²) in [4.78, 5) is 15.2. The van der Waals surface area contributed by atoms with Gasteiger partial charge in [-0.3, -0.25) is 9.69 Å². The molecule has 2 aromatic rings. The van der Waals surface area contributed by atoms with Crippen LogP contribution in [0.15, 0.2) is 30.3 Å². The number of benzene rings is 1. The molecule has 1 N–H and O–H groups in total. The average Bonchev–Trinajstić information content (AvgIpc) is 2.66. The molecule has 1 saturated heterocycles. The summed E-state index contributed by atoms with van der Waals surface area (Å²) in [6, 6.07) is 8.56. The maximum Gasteiger partial charge on any atom is 0.317 e. The van der Waals surface area contributed by atoms with Crippen LogP contribution < -0.4 is 4.90 Å². The van der Waals surface area contributed by atoms with Gasteiger partial charge in [-0.2, -0.15) is 0 Å². The van der Waals surface area contributed by atoms with Crippen molar-refractivity contribution in [3.63, 3.8) is 0 Å². The monoisotopic (exact) mass is 372 g/mol. The Morgan fingerprint density at radius 2 is 2.04 bits per heavy atom. The average molecular weight is 372 g/mol. The van der Waals surface area contributed by atoms with E-state index in [1.165, 1.54) is 12.1 Å². The Labute approximate surface area is 158 Å². The molecule has 3 rings (SSSR count). The number of carboxylic acid groups (broad SMARTS) is 1. The number of aromatic nitrogens is 2. The number of carboxylic acids is 1. The van der Waals surface area contributed by atoms with Crippen molar-refractivity contribution in [3.05, 3.63) is 41.7 Å². The lowest BCUT2D eigenvalue weighted by atomic mass is 10.0. The van der Waals surface area contributed by atoms with Crippen molar-refractivity contribution < 1.29 is 14.3 Å². The van der Waals surface area contributed by atoms with E-state index in [4.69, 9.17) is 5.11 Å². The van der Waals surface area contributed by atoms with Gasteiger partial charge in [-0.05, 0) is 50.1 Å². The lowest BCUT2D eigenvalue weighted by molar-refractivity contribution is -0.139. The maximum absolute atomic E-state index is 13.4. The summed E-state index contributed by atoms with van der Waals surface area (Å²) in [5, 5.41) is 17.7. The van der Waals surface area contributed by atoms with E-state index in [2.05, 4.69) is 15.1 Å². The third-order valence-corrected chi connectivity index (χ3v) is 5.10. The zero-order valence-corrected chi connectivity index (χ0v) is 15.7. The van der Waals surface area contributed by atoms with Crippen LogP contribution in [0.5, 0.6) is 0 Å². The van der Waals surface area contributed by atoms with Crippen molar-refractivity contribution >= 4 is 11.8 Å². The Morgan fingerprint density at radius 3 is 2.63 bits per heavy atom. The maximum atomic E-state index is 13.4. The third kappa shape index (κ3) is 4.60. The Bertz CT molecular complexity index is 806. The zero-order chi connectivity index (χ0) is 19.4. The number of aryl methyl sites for hydroxylation is 1. The Kier molecular flexibility index (Phi) is 6.01. The van der Waals surface area contributed by atoms with Crippen LogP contribution in [-0.4, -0.2) is 58.4 Å². The smallest absolute Gasteiger partial charge is 0.317 e. The van der Waals surface area contributed by atoms with Gasteiger partial charge in [-0.25, -0.2) is 4.39 Å². The molecular formula is C20H25FN4O2. The molecule has 27 heavy (non-hydrogen) atoms. The fourth-order valence-corrected chi connectivity index (χ4v) is 3.70. The van der Waals surface area contributed by atoms with Crippen molar-refractivity contribution in [1.82, 2.24) is 15.1 Å². The number of aliphatic carboxylic acids is 1. The van der Waals surface area contributed by atoms with Crippen molar-refractivity contribution in [2.45, 2.75) is 32.7 Å². The summed E-state index contributed by atoms with van der Waals surface area (Å²) in [7, 11) is 0. The van der Waals surface area contributed by atoms with E-state index in [0.29, 0.717) is 11.3 Å². The first-order valence-electron chi connectivity index (χ1n) is 9.29. The Hall–Kier alpha value is -2.54. The molecule has 0 saturated carbocycles. The van der Waals surface area contributed by atoms with Gasteiger partial charge in [0.2, 0.25) is 0 Å². The predicted octanol–water partition coefficient (Wildman–Crippen LogP) is 2.97. The predicted molar refractivity (Wildman–Crippen MR) is 102 cm³/mol. The molecule has 2 heterocycles. The molecule has 0 aliphatic carbocycles. The van der Waals surface area contributed by atoms with Gasteiger partial charge >= 0.3 is 5.97 Å². The molecule has 0 amide bonds. The number of hydrogen-bond acceptors (Lipinski definition) is 5. The van der Waals surface area contributed by atoms with Gasteiger partial charge in [0.1, 0.15) is 5.82 Å². The second kappa shape index (κ2) is 8.43. The van der Waals surface area contributed by atoms with E-state index in [1.807, 2.05) is 30.9 Å². The van der Waals surface area contributed by atoms with Crippen LogP contribution in [0.3, 0.4) is 0 Å². The fraction of sp³-hybridized carbons (Fsp3) is 0.450. The minimum absolute atomic E-state index is 0.0856. The van der Waals surface area contributed by atoms with E-state index >= 15 is 0 Å². The largest absolute Gasteiger partial charge is 0.480 e. The summed E-state index contributed by atoms with van der Waals surface area (Å²) in [5.41, 5.74) is 2.37. The van der Waals surface area contributed by atoms with Gasteiger partial charge in [-0.15, -0.1) is 10.2 Å². The Morgan fingerprint density at radius 1 is 1.30 bits per heavy atom. The normalized spacial score (nSPS) is 15.3. The van der Waals surface area contributed by atoms with Crippen LogP contribution in [0.25, 0.3) is 11.3 Å². The number of nitrogens with zero attached hydrogens (tertiary/aromatic N) is 4. The number of piperidine rings is 1. The van der Waals surface area contributed by atoms with Crippen LogP contribution in [0.4, 0.5) is 10.2 Å². The molecule has 144 valence electrons. The van der Waals surface area contributed by atoms with Gasteiger partial charge in [0.15, 0.2) is 5.82 Å². The molecule has 0 radical (unpaired) electrons. The number of likely N-dealkylation sites (N-methyl/N-ethyl adjacent to an activating group) is 1. The standard InChI is InChI=1S/C20H25FN4O2/c1-3-24(13-19(26)27)17-7-9-25(10-8-17)20-14(2)11-18(22-23-20)15-5-4-6-16(21)12-15/h4-6,11-12,17H,3,7-10,13H2,1-2H3,(H,26,27). The van der Waals surface area contributed by atoms with Crippen molar-refractivity contribution in [2.75, 3.05) is 31.1 Å².